The van der Waals surface area contributed by atoms with Crippen LogP contribution in [-0.2, 0) is 6.42 Å². The fraction of sp³-hybridized carbons (Fsp3) is 0.375. The van der Waals surface area contributed by atoms with Crippen molar-refractivity contribution in [1.82, 2.24) is 0 Å². The Morgan fingerprint density at radius 2 is 2.17 bits per heavy atom. The maximum atomic E-state index is 10.9. The van der Waals surface area contributed by atoms with Gasteiger partial charge in [-0.2, -0.15) is 10.2 Å². The molecule has 0 saturated heterocycles. The van der Waals surface area contributed by atoms with Gasteiger partial charge in [-0.1, -0.05) is 32.1 Å². The average molecular weight is 316 g/mol. The summed E-state index contributed by atoms with van der Waals surface area (Å²) in [6.45, 7) is 3.75. The number of para-hydroxylation sites is 1. The van der Waals surface area contributed by atoms with Gasteiger partial charge >= 0.3 is 0 Å². The first kappa shape index (κ1) is 16.8. The smallest absolute Gasteiger partial charge is 0.265 e. The number of anilines is 1. The van der Waals surface area contributed by atoms with E-state index in [0.717, 1.165) is 5.56 Å². The summed E-state index contributed by atoms with van der Waals surface area (Å²) in [4.78, 5) is 10.5. The Kier molecular flexibility index (Phi) is 4.90. The zero-order chi connectivity index (χ0) is 17.0. The van der Waals surface area contributed by atoms with E-state index in [1.54, 1.807) is 18.2 Å². The third-order valence-corrected chi connectivity index (χ3v) is 3.79. The molecule has 7 heteroatoms. The Labute approximate surface area is 134 Å². The van der Waals surface area contributed by atoms with Crippen LogP contribution in [0.3, 0.4) is 0 Å². The summed E-state index contributed by atoms with van der Waals surface area (Å²) >= 11 is 0. The van der Waals surface area contributed by atoms with E-state index in [1.165, 1.54) is 6.08 Å². The fourth-order valence-corrected chi connectivity index (χ4v) is 2.40. The summed E-state index contributed by atoms with van der Waals surface area (Å²) in [5.74, 6) is 0. The maximum absolute atomic E-state index is 10.9. The molecular formula is C16H20N4O3. The number of nitro groups is 1. The monoisotopic (exact) mass is 316 g/mol. The lowest BCUT2D eigenvalue weighted by atomic mass is 9.81. The van der Waals surface area contributed by atoms with Gasteiger partial charge in [0.2, 0.25) is 0 Å². The lowest BCUT2D eigenvalue weighted by Gasteiger charge is -2.26. The maximum Gasteiger partial charge on any atom is 0.265 e. The van der Waals surface area contributed by atoms with Crippen molar-refractivity contribution in [3.8, 4) is 0 Å². The average Bonchev–Trinajstić information content (AvgIpc) is 2.48. The molecule has 122 valence electrons. The van der Waals surface area contributed by atoms with E-state index in [2.05, 4.69) is 10.2 Å². The molecule has 1 aromatic carbocycles. The summed E-state index contributed by atoms with van der Waals surface area (Å²) < 4.78 is 0. The molecule has 1 unspecified atom stereocenters. The quantitative estimate of drug-likeness (QED) is 0.376. The predicted molar refractivity (Wildman–Crippen MR) is 87.9 cm³/mol. The van der Waals surface area contributed by atoms with Crippen molar-refractivity contribution in [2.45, 2.75) is 26.3 Å². The predicted octanol–water partition coefficient (Wildman–Crippen LogP) is 3.01. The van der Waals surface area contributed by atoms with Gasteiger partial charge in [0.15, 0.2) is 0 Å². The van der Waals surface area contributed by atoms with Gasteiger partial charge in [0.05, 0.1) is 16.7 Å². The molecule has 2 rings (SSSR count). The molecule has 0 heterocycles. The molecule has 1 atom stereocenters. The van der Waals surface area contributed by atoms with E-state index in [4.69, 9.17) is 10.8 Å². The molecule has 0 bridgehead atoms. The van der Waals surface area contributed by atoms with Gasteiger partial charge in [0, 0.05) is 24.2 Å². The lowest BCUT2D eigenvalue weighted by molar-refractivity contribution is -0.420. The Hall–Kier alpha value is -2.54. The third-order valence-electron chi connectivity index (χ3n) is 3.79. The van der Waals surface area contributed by atoms with Crippen LogP contribution in [0.2, 0.25) is 0 Å². The third kappa shape index (κ3) is 3.81. The molecule has 7 nitrogen and oxygen atoms in total. The topological polar surface area (TPSA) is 114 Å². The molecular weight excluding hydrogens is 296 g/mol. The first-order chi connectivity index (χ1) is 10.8. The van der Waals surface area contributed by atoms with Crippen molar-refractivity contribution in [3.05, 3.63) is 57.8 Å². The first-order valence-electron chi connectivity index (χ1n) is 7.29. The first-order valence-corrected chi connectivity index (χ1v) is 7.29. The van der Waals surface area contributed by atoms with Crippen molar-refractivity contribution < 1.29 is 10.0 Å². The second-order valence-corrected chi connectivity index (χ2v) is 5.99. The largest absolute Gasteiger partial charge is 0.397 e. The van der Waals surface area contributed by atoms with Gasteiger partial charge in [-0.3, -0.25) is 10.1 Å². The normalized spacial score (nSPS) is 19.8. The number of rotatable bonds is 5. The minimum absolute atomic E-state index is 0.0116. The molecule has 1 aromatic rings. The summed E-state index contributed by atoms with van der Waals surface area (Å²) in [5, 5.41) is 28.4. The van der Waals surface area contributed by atoms with Crippen LogP contribution in [0.15, 0.2) is 52.4 Å². The second kappa shape index (κ2) is 6.70. The highest BCUT2D eigenvalue weighted by atomic mass is 16.6. The Balaban J connectivity index is 2.23. The lowest BCUT2D eigenvalue weighted by Crippen LogP contribution is -2.27. The molecule has 0 amide bonds. The van der Waals surface area contributed by atoms with Crippen LogP contribution in [0.5, 0.6) is 0 Å². The molecule has 1 aliphatic rings. The standard InChI is InChI=1S/C16H20N4O3/c1-16(2)10-12(20(22)23)6-7-14(16)19-18-13-5-3-4-11(8-9-21)15(13)17/h3-7,10,14,21H,8-9,17H2,1-2H3. The number of nitrogens with zero attached hydrogens (tertiary/aromatic N) is 3. The van der Waals surface area contributed by atoms with Crippen molar-refractivity contribution in [2.75, 3.05) is 12.3 Å². The highest BCUT2D eigenvalue weighted by Crippen LogP contribution is 2.34. The van der Waals surface area contributed by atoms with E-state index in [1.807, 2.05) is 26.0 Å². The Bertz CT molecular complexity index is 693. The number of nitrogen functional groups attached to an aromatic ring is 1. The number of aliphatic hydroxyl groups is 1. The van der Waals surface area contributed by atoms with Gasteiger partial charge in [0.25, 0.3) is 5.70 Å². The van der Waals surface area contributed by atoms with E-state index in [0.29, 0.717) is 17.8 Å². The van der Waals surface area contributed by atoms with Gasteiger partial charge < -0.3 is 10.8 Å². The zero-order valence-electron chi connectivity index (χ0n) is 13.1. The summed E-state index contributed by atoms with van der Waals surface area (Å²) in [6, 6.07) is 5.08. The van der Waals surface area contributed by atoms with Crippen molar-refractivity contribution >= 4 is 11.4 Å². The zero-order valence-corrected chi connectivity index (χ0v) is 13.1. The minimum Gasteiger partial charge on any atom is -0.397 e. The van der Waals surface area contributed by atoms with Crippen LogP contribution in [-0.4, -0.2) is 22.7 Å². The molecule has 3 N–H and O–H groups in total. The number of nitrogens with two attached hydrogens (primary N) is 1. The number of aliphatic hydroxyl groups excluding tert-OH is 1. The molecule has 0 saturated carbocycles. The van der Waals surface area contributed by atoms with E-state index >= 15 is 0 Å². The van der Waals surface area contributed by atoms with Crippen molar-refractivity contribution in [2.24, 2.45) is 15.6 Å². The van der Waals surface area contributed by atoms with E-state index < -0.39 is 10.3 Å². The van der Waals surface area contributed by atoms with Gasteiger partial charge in [-0.25, -0.2) is 0 Å². The van der Waals surface area contributed by atoms with Gasteiger partial charge in [-0.05, 0) is 18.1 Å². The second-order valence-electron chi connectivity index (χ2n) is 5.99. The number of hydrogen-bond acceptors (Lipinski definition) is 6. The SMILES string of the molecule is CC1(C)C=C([N+](=O)[O-])C=CC1N=Nc1cccc(CCO)c1N. The summed E-state index contributed by atoms with van der Waals surface area (Å²) in [6.07, 6.45) is 5.16. The fourth-order valence-electron chi connectivity index (χ4n) is 2.40. The highest BCUT2D eigenvalue weighted by Gasteiger charge is 2.32. The van der Waals surface area contributed by atoms with Crippen LogP contribution < -0.4 is 5.73 Å². The molecule has 0 fully saturated rings. The van der Waals surface area contributed by atoms with Crippen molar-refractivity contribution in [1.29, 1.82) is 0 Å². The number of hydrogen-bond donors (Lipinski definition) is 2. The molecule has 0 aliphatic heterocycles. The van der Waals surface area contributed by atoms with Gasteiger partial charge in [-0.15, -0.1) is 0 Å². The number of allylic oxidation sites excluding steroid dienone is 1. The molecule has 0 aromatic heterocycles. The Morgan fingerprint density at radius 3 is 2.78 bits per heavy atom. The van der Waals surface area contributed by atoms with Crippen LogP contribution in [0, 0.1) is 15.5 Å². The highest BCUT2D eigenvalue weighted by molar-refractivity contribution is 5.66. The number of azo groups is 1. The van der Waals surface area contributed by atoms with E-state index in [9.17, 15) is 10.1 Å². The Morgan fingerprint density at radius 1 is 1.43 bits per heavy atom. The molecule has 0 spiro atoms. The minimum atomic E-state index is -0.516. The van der Waals surface area contributed by atoms with Crippen LogP contribution in [0.4, 0.5) is 11.4 Å². The van der Waals surface area contributed by atoms with Crippen LogP contribution in [0.1, 0.15) is 19.4 Å². The number of benzene rings is 1. The summed E-state index contributed by atoms with van der Waals surface area (Å²) in [5.41, 5.74) is 7.41. The van der Waals surface area contributed by atoms with Crippen LogP contribution >= 0.6 is 0 Å². The molecule has 0 radical (unpaired) electrons. The van der Waals surface area contributed by atoms with Gasteiger partial charge in [0.1, 0.15) is 5.69 Å². The molecule has 1 aliphatic carbocycles. The summed E-state index contributed by atoms with van der Waals surface area (Å²) in [7, 11) is 0. The van der Waals surface area contributed by atoms with Crippen molar-refractivity contribution in [3.63, 3.8) is 0 Å². The van der Waals surface area contributed by atoms with Crippen LogP contribution in [0.25, 0.3) is 0 Å². The molecule has 23 heavy (non-hydrogen) atoms. The van der Waals surface area contributed by atoms with E-state index in [-0.39, 0.29) is 18.3 Å².